The van der Waals surface area contributed by atoms with Crippen molar-refractivity contribution in [1.82, 2.24) is 19.7 Å². The molecular formula is C20H16Cl2N6O. The molecule has 0 spiro atoms. The summed E-state index contributed by atoms with van der Waals surface area (Å²) in [6, 6.07) is 16.6. The van der Waals surface area contributed by atoms with Crippen LogP contribution in [-0.2, 0) is 6.61 Å². The second-order valence-corrected chi connectivity index (χ2v) is 6.97. The van der Waals surface area contributed by atoms with Crippen LogP contribution in [0.3, 0.4) is 0 Å². The standard InChI is InChI=1S/C20H16Cl2N6O/c21-16-9-14(28-20(24)26-19(23)27-28)10-17(22)18(16)12-4-6-15(7-5-12)29-11-13-3-1-2-8-25-13/h1-10H,11H2,(H4,23,24,26,27). The number of anilines is 2. The maximum absolute atomic E-state index is 6.50. The molecule has 0 saturated carbocycles. The lowest BCUT2D eigenvalue weighted by molar-refractivity contribution is 0.301. The Hall–Kier alpha value is -3.29. The first-order valence-corrected chi connectivity index (χ1v) is 9.37. The number of nitrogen functional groups attached to an aromatic ring is 2. The van der Waals surface area contributed by atoms with Gasteiger partial charge in [-0.05, 0) is 42.0 Å². The number of benzene rings is 2. The first kappa shape index (κ1) is 19.0. The molecule has 2 aromatic carbocycles. The molecule has 0 amide bonds. The number of halogens is 2. The van der Waals surface area contributed by atoms with Crippen molar-refractivity contribution >= 4 is 35.1 Å². The summed E-state index contributed by atoms with van der Waals surface area (Å²) in [6.07, 6.45) is 1.73. The van der Waals surface area contributed by atoms with Gasteiger partial charge in [0.05, 0.1) is 21.4 Å². The molecule has 4 rings (SSSR count). The van der Waals surface area contributed by atoms with E-state index in [4.69, 9.17) is 39.4 Å². The van der Waals surface area contributed by atoms with E-state index in [1.807, 2.05) is 42.5 Å². The van der Waals surface area contributed by atoms with Gasteiger partial charge in [-0.1, -0.05) is 41.4 Å². The van der Waals surface area contributed by atoms with Crippen LogP contribution in [0, 0.1) is 0 Å². The van der Waals surface area contributed by atoms with Gasteiger partial charge in [0.1, 0.15) is 12.4 Å². The third kappa shape index (κ3) is 4.11. The molecule has 29 heavy (non-hydrogen) atoms. The van der Waals surface area contributed by atoms with E-state index < -0.39 is 0 Å². The normalized spacial score (nSPS) is 10.8. The van der Waals surface area contributed by atoms with Gasteiger partial charge in [0.15, 0.2) is 0 Å². The molecule has 146 valence electrons. The summed E-state index contributed by atoms with van der Waals surface area (Å²) < 4.78 is 7.14. The van der Waals surface area contributed by atoms with Crippen LogP contribution >= 0.6 is 23.2 Å². The highest BCUT2D eigenvalue weighted by molar-refractivity contribution is 6.39. The molecule has 0 aliphatic rings. The summed E-state index contributed by atoms with van der Waals surface area (Å²) in [7, 11) is 0. The SMILES string of the molecule is Nc1nc(N)n(-c2cc(Cl)c(-c3ccc(OCc4ccccn4)cc3)c(Cl)c2)n1. The minimum Gasteiger partial charge on any atom is -0.487 e. The third-order valence-corrected chi connectivity index (χ3v) is 4.77. The molecule has 2 heterocycles. The van der Waals surface area contributed by atoms with E-state index in [1.165, 1.54) is 4.68 Å². The maximum Gasteiger partial charge on any atom is 0.241 e. The Morgan fingerprint density at radius 2 is 1.69 bits per heavy atom. The Labute approximate surface area is 176 Å². The number of hydrogen-bond acceptors (Lipinski definition) is 6. The van der Waals surface area contributed by atoms with Gasteiger partial charge in [0, 0.05) is 11.8 Å². The van der Waals surface area contributed by atoms with Gasteiger partial charge in [0.25, 0.3) is 0 Å². The molecule has 0 radical (unpaired) electrons. The van der Waals surface area contributed by atoms with Crippen LogP contribution in [0.15, 0.2) is 60.8 Å². The number of rotatable bonds is 5. The van der Waals surface area contributed by atoms with Gasteiger partial charge < -0.3 is 16.2 Å². The Balaban J connectivity index is 1.57. The minimum absolute atomic E-state index is 0.0695. The van der Waals surface area contributed by atoms with Crippen LogP contribution in [-0.4, -0.2) is 19.7 Å². The average molecular weight is 427 g/mol. The number of nitrogens with zero attached hydrogens (tertiary/aromatic N) is 4. The first-order valence-electron chi connectivity index (χ1n) is 8.62. The summed E-state index contributed by atoms with van der Waals surface area (Å²) in [5.74, 6) is 0.936. The molecule has 0 saturated heterocycles. The van der Waals surface area contributed by atoms with E-state index >= 15 is 0 Å². The highest BCUT2D eigenvalue weighted by Crippen LogP contribution is 2.37. The average Bonchev–Trinajstić information content (AvgIpc) is 3.05. The van der Waals surface area contributed by atoms with Gasteiger partial charge in [-0.2, -0.15) is 9.67 Å². The maximum atomic E-state index is 6.50. The lowest BCUT2D eigenvalue weighted by Gasteiger charge is -2.12. The van der Waals surface area contributed by atoms with Crippen LogP contribution in [0.25, 0.3) is 16.8 Å². The second-order valence-electron chi connectivity index (χ2n) is 6.16. The Morgan fingerprint density at radius 1 is 0.966 bits per heavy atom. The van der Waals surface area contributed by atoms with E-state index in [0.29, 0.717) is 33.7 Å². The molecule has 0 aliphatic carbocycles. The molecule has 9 heteroatoms. The number of hydrogen-bond donors (Lipinski definition) is 2. The van der Waals surface area contributed by atoms with Gasteiger partial charge in [0.2, 0.25) is 11.9 Å². The lowest BCUT2D eigenvalue weighted by atomic mass is 10.0. The lowest BCUT2D eigenvalue weighted by Crippen LogP contribution is -2.03. The molecule has 0 fully saturated rings. The van der Waals surface area contributed by atoms with Gasteiger partial charge in [-0.25, -0.2) is 0 Å². The fourth-order valence-electron chi connectivity index (χ4n) is 2.85. The van der Waals surface area contributed by atoms with Crippen LogP contribution in [0.4, 0.5) is 11.9 Å². The third-order valence-electron chi connectivity index (χ3n) is 4.18. The number of ether oxygens (including phenoxy) is 1. The van der Waals surface area contributed by atoms with E-state index in [2.05, 4.69) is 15.1 Å². The molecule has 4 N–H and O–H groups in total. The van der Waals surface area contributed by atoms with Crippen LogP contribution in [0.2, 0.25) is 10.0 Å². The van der Waals surface area contributed by atoms with Crippen molar-refractivity contribution in [3.05, 3.63) is 76.5 Å². The van der Waals surface area contributed by atoms with Crippen molar-refractivity contribution in [2.24, 2.45) is 0 Å². The summed E-state index contributed by atoms with van der Waals surface area (Å²) in [5, 5.41) is 4.94. The van der Waals surface area contributed by atoms with Gasteiger partial charge in [-0.3, -0.25) is 4.98 Å². The van der Waals surface area contributed by atoms with E-state index in [9.17, 15) is 0 Å². The van der Waals surface area contributed by atoms with Gasteiger partial charge in [-0.15, -0.1) is 5.10 Å². The highest BCUT2D eigenvalue weighted by atomic mass is 35.5. The van der Waals surface area contributed by atoms with Crippen molar-refractivity contribution < 1.29 is 4.74 Å². The summed E-state index contributed by atoms with van der Waals surface area (Å²) >= 11 is 13.0. The summed E-state index contributed by atoms with van der Waals surface area (Å²) in [6.45, 7) is 0.388. The molecule has 0 aliphatic heterocycles. The largest absolute Gasteiger partial charge is 0.487 e. The Bertz CT molecular complexity index is 1120. The van der Waals surface area contributed by atoms with E-state index in [-0.39, 0.29) is 11.9 Å². The quantitative estimate of drug-likeness (QED) is 0.490. The monoisotopic (exact) mass is 426 g/mol. The first-order chi connectivity index (χ1) is 14.0. The molecule has 7 nitrogen and oxygen atoms in total. The topological polar surface area (TPSA) is 105 Å². The zero-order valence-corrected chi connectivity index (χ0v) is 16.6. The molecule has 4 aromatic rings. The smallest absolute Gasteiger partial charge is 0.241 e. The van der Waals surface area contributed by atoms with Crippen molar-refractivity contribution in [2.75, 3.05) is 11.5 Å². The van der Waals surface area contributed by atoms with E-state index in [1.54, 1.807) is 18.3 Å². The van der Waals surface area contributed by atoms with Crippen LogP contribution in [0.1, 0.15) is 5.69 Å². The Kier molecular flexibility index (Phi) is 5.24. The molecule has 0 atom stereocenters. The number of nitrogens with two attached hydrogens (primary N) is 2. The molecular weight excluding hydrogens is 411 g/mol. The number of aromatic nitrogens is 4. The Morgan fingerprint density at radius 3 is 2.28 bits per heavy atom. The van der Waals surface area contributed by atoms with Crippen molar-refractivity contribution in [3.63, 3.8) is 0 Å². The minimum atomic E-state index is 0.0695. The summed E-state index contributed by atoms with van der Waals surface area (Å²) in [4.78, 5) is 8.11. The highest BCUT2D eigenvalue weighted by Gasteiger charge is 2.14. The fraction of sp³-hybridized carbons (Fsp3) is 0.0500. The van der Waals surface area contributed by atoms with Crippen molar-refractivity contribution in [2.45, 2.75) is 6.61 Å². The molecule has 0 unspecified atom stereocenters. The van der Waals surface area contributed by atoms with Crippen molar-refractivity contribution in [3.8, 4) is 22.6 Å². The van der Waals surface area contributed by atoms with Crippen LogP contribution in [0.5, 0.6) is 5.75 Å². The zero-order valence-electron chi connectivity index (χ0n) is 15.1. The van der Waals surface area contributed by atoms with Crippen LogP contribution < -0.4 is 16.2 Å². The van der Waals surface area contributed by atoms with E-state index in [0.717, 1.165) is 11.3 Å². The zero-order chi connectivity index (χ0) is 20.4. The number of pyridine rings is 1. The van der Waals surface area contributed by atoms with Gasteiger partial charge >= 0.3 is 0 Å². The predicted octanol–water partition coefficient (Wildman–Crippen LogP) is 4.38. The fourth-order valence-corrected chi connectivity index (χ4v) is 3.54. The summed E-state index contributed by atoms with van der Waals surface area (Å²) in [5.41, 5.74) is 14.4. The second kappa shape index (κ2) is 7.98. The molecule has 2 aromatic heterocycles. The predicted molar refractivity (Wildman–Crippen MR) is 114 cm³/mol. The van der Waals surface area contributed by atoms with Crippen molar-refractivity contribution in [1.29, 1.82) is 0 Å². The molecule has 0 bridgehead atoms.